The third kappa shape index (κ3) is 5.38. The molecular formula is C29H34N8O. The molecule has 196 valence electrons. The first-order chi connectivity index (χ1) is 18.6. The Hall–Kier alpha value is -3.85. The maximum absolute atomic E-state index is 12.3. The van der Waals surface area contributed by atoms with Gasteiger partial charge in [0.15, 0.2) is 0 Å². The number of H-pyrrole nitrogens is 1. The summed E-state index contributed by atoms with van der Waals surface area (Å²) in [5, 5.41) is 0. The van der Waals surface area contributed by atoms with Crippen molar-refractivity contribution >= 4 is 22.8 Å². The van der Waals surface area contributed by atoms with Gasteiger partial charge in [0.2, 0.25) is 5.91 Å². The van der Waals surface area contributed by atoms with E-state index in [0.717, 1.165) is 91.7 Å². The molecule has 4 heterocycles. The van der Waals surface area contributed by atoms with Gasteiger partial charge in [0, 0.05) is 82.2 Å². The van der Waals surface area contributed by atoms with Gasteiger partial charge in [0.05, 0.1) is 16.7 Å². The van der Waals surface area contributed by atoms with Crippen LogP contribution in [-0.4, -0.2) is 80.4 Å². The van der Waals surface area contributed by atoms with E-state index in [1.165, 1.54) is 5.56 Å². The molecule has 2 aliphatic rings. The molecule has 9 heteroatoms. The summed E-state index contributed by atoms with van der Waals surface area (Å²) in [6.07, 6.45) is 6.29. The molecule has 0 spiro atoms. The lowest BCUT2D eigenvalue weighted by atomic mass is 10.1. The average molecular weight is 511 g/mol. The number of nitrogens with zero attached hydrogens (tertiary/aromatic N) is 7. The maximum atomic E-state index is 12.3. The smallest absolute Gasteiger partial charge is 0.225 e. The molecule has 1 N–H and O–H groups in total. The lowest BCUT2D eigenvalue weighted by Crippen LogP contribution is -2.48. The summed E-state index contributed by atoms with van der Waals surface area (Å²) < 4.78 is 0. The van der Waals surface area contributed by atoms with Crippen molar-refractivity contribution in [2.75, 3.05) is 44.7 Å². The molecule has 9 nitrogen and oxygen atoms in total. The van der Waals surface area contributed by atoms with Crippen molar-refractivity contribution in [3.8, 4) is 11.3 Å². The second kappa shape index (κ2) is 10.5. The van der Waals surface area contributed by atoms with Crippen molar-refractivity contribution in [3.63, 3.8) is 0 Å². The van der Waals surface area contributed by atoms with Crippen LogP contribution in [0.3, 0.4) is 0 Å². The molecule has 1 aliphatic heterocycles. The number of aromatic amines is 1. The van der Waals surface area contributed by atoms with Crippen LogP contribution in [-0.2, 0) is 17.8 Å². The molecule has 38 heavy (non-hydrogen) atoms. The molecule has 3 aromatic heterocycles. The summed E-state index contributed by atoms with van der Waals surface area (Å²) in [5.41, 5.74) is 6.06. The minimum Gasteiger partial charge on any atom is -0.360 e. The summed E-state index contributed by atoms with van der Waals surface area (Å²) in [4.78, 5) is 40.7. The van der Waals surface area contributed by atoms with Gasteiger partial charge in [-0.05, 0) is 49.6 Å². The first-order valence-corrected chi connectivity index (χ1v) is 13.5. The number of anilines is 1. The van der Waals surface area contributed by atoms with Gasteiger partial charge in [-0.15, -0.1) is 0 Å². The van der Waals surface area contributed by atoms with E-state index in [9.17, 15) is 4.79 Å². The SMILES string of the molecule is CCN(C)c1cc(-c2ccc3nc(Cc4cc(CN5CCN(C(=O)C6CC6)CC5)ccn4)[nH]c3c2)ncn1. The average Bonchev–Trinajstić information content (AvgIpc) is 3.72. The van der Waals surface area contributed by atoms with Crippen LogP contribution in [0.15, 0.2) is 48.9 Å². The van der Waals surface area contributed by atoms with E-state index in [0.29, 0.717) is 18.2 Å². The predicted molar refractivity (Wildman–Crippen MR) is 148 cm³/mol. The van der Waals surface area contributed by atoms with Gasteiger partial charge < -0.3 is 14.8 Å². The number of pyridine rings is 1. The number of imidazole rings is 1. The van der Waals surface area contributed by atoms with Crippen LogP contribution in [0.1, 0.15) is 36.8 Å². The minimum atomic E-state index is 0.308. The monoisotopic (exact) mass is 510 g/mol. The zero-order valence-corrected chi connectivity index (χ0v) is 22.1. The molecule has 0 radical (unpaired) electrons. The Kier molecular flexibility index (Phi) is 6.76. The summed E-state index contributed by atoms with van der Waals surface area (Å²) in [6, 6.07) is 12.5. The third-order valence-corrected chi connectivity index (χ3v) is 7.59. The fourth-order valence-corrected chi connectivity index (χ4v) is 5.05. The number of hydrogen-bond donors (Lipinski definition) is 1. The fourth-order valence-electron chi connectivity index (χ4n) is 5.05. The summed E-state index contributed by atoms with van der Waals surface area (Å²) in [6.45, 7) is 7.37. The number of rotatable bonds is 8. The van der Waals surface area contributed by atoms with E-state index in [2.05, 4.69) is 60.9 Å². The Labute approximate surface area is 222 Å². The topological polar surface area (TPSA) is 94.1 Å². The first-order valence-electron chi connectivity index (χ1n) is 13.5. The minimum absolute atomic E-state index is 0.308. The third-order valence-electron chi connectivity index (χ3n) is 7.59. The first kappa shape index (κ1) is 24.5. The molecule has 4 aromatic rings. The quantitative estimate of drug-likeness (QED) is 0.388. The van der Waals surface area contributed by atoms with Gasteiger partial charge in [-0.1, -0.05) is 6.07 Å². The zero-order valence-electron chi connectivity index (χ0n) is 22.1. The van der Waals surface area contributed by atoms with Crippen molar-refractivity contribution in [3.05, 3.63) is 66.0 Å². The molecule has 0 bridgehead atoms. The summed E-state index contributed by atoms with van der Waals surface area (Å²) in [5.74, 6) is 2.47. The fraction of sp³-hybridized carbons (Fsp3) is 0.414. The number of hydrogen-bond acceptors (Lipinski definition) is 7. The molecule has 2 fully saturated rings. The number of nitrogens with one attached hydrogen (secondary N) is 1. The molecule has 1 aliphatic carbocycles. The Bertz CT molecular complexity index is 1440. The highest BCUT2D eigenvalue weighted by Crippen LogP contribution is 2.31. The zero-order chi connectivity index (χ0) is 26.1. The van der Waals surface area contributed by atoms with Gasteiger partial charge in [-0.2, -0.15) is 0 Å². The van der Waals surface area contributed by atoms with Crippen LogP contribution < -0.4 is 4.90 Å². The summed E-state index contributed by atoms with van der Waals surface area (Å²) >= 11 is 0. The molecule has 0 unspecified atom stereocenters. The van der Waals surface area contributed by atoms with Crippen molar-refractivity contribution in [1.82, 2.24) is 34.7 Å². The van der Waals surface area contributed by atoms with Gasteiger partial charge in [-0.3, -0.25) is 14.7 Å². The number of aromatic nitrogens is 5. The van der Waals surface area contributed by atoms with Gasteiger partial charge in [-0.25, -0.2) is 15.0 Å². The van der Waals surface area contributed by atoms with E-state index < -0.39 is 0 Å². The molecule has 6 rings (SSSR count). The van der Waals surface area contributed by atoms with Gasteiger partial charge >= 0.3 is 0 Å². The van der Waals surface area contributed by atoms with Crippen LogP contribution in [0.4, 0.5) is 5.82 Å². The van der Waals surface area contributed by atoms with Crippen molar-refractivity contribution in [2.45, 2.75) is 32.7 Å². The number of carbonyl (C=O) groups excluding carboxylic acids is 1. The second-order valence-corrected chi connectivity index (χ2v) is 10.4. The molecule has 1 aromatic carbocycles. The van der Waals surface area contributed by atoms with E-state index >= 15 is 0 Å². The molecule has 0 atom stereocenters. The highest BCUT2D eigenvalue weighted by molar-refractivity contribution is 5.82. The second-order valence-electron chi connectivity index (χ2n) is 10.4. The molecule has 1 amide bonds. The molecule has 1 saturated carbocycles. The Balaban J connectivity index is 1.11. The molecule has 1 saturated heterocycles. The van der Waals surface area contributed by atoms with Crippen molar-refractivity contribution in [1.29, 1.82) is 0 Å². The van der Waals surface area contributed by atoms with E-state index in [4.69, 9.17) is 4.98 Å². The van der Waals surface area contributed by atoms with E-state index in [1.807, 2.05) is 30.3 Å². The Morgan fingerprint density at radius 1 is 1.05 bits per heavy atom. The Morgan fingerprint density at radius 3 is 2.68 bits per heavy atom. The number of piperazine rings is 1. The predicted octanol–water partition coefficient (Wildman–Crippen LogP) is 3.52. The lowest BCUT2D eigenvalue weighted by molar-refractivity contribution is -0.134. The maximum Gasteiger partial charge on any atom is 0.225 e. The normalized spacial score (nSPS) is 16.2. The Morgan fingerprint density at radius 2 is 1.89 bits per heavy atom. The van der Waals surface area contributed by atoms with E-state index in [-0.39, 0.29) is 0 Å². The number of fused-ring (bicyclic) bond motifs is 1. The van der Waals surface area contributed by atoms with Gasteiger partial charge in [0.1, 0.15) is 18.0 Å². The lowest BCUT2D eigenvalue weighted by Gasteiger charge is -2.35. The standard InChI is InChI=1S/C29H34N8O/c1-3-35(2)28-17-25(31-19-32-28)22-6-7-24-26(15-22)34-27(33-24)16-23-14-20(8-9-30-23)18-36-10-12-37(13-11-36)29(38)21-4-5-21/h6-9,14-15,17,19,21H,3-5,10-13,16,18H2,1-2H3,(H,33,34). The number of benzene rings is 1. The largest absolute Gasteiger partial charge is 0.360 e. The van der Waals surface area contributed by atoms with E-state index in [1.54, 1.807) is 6.33 Å². The summed E-state index contributed by atoms with van der Waals surface area (Å²) in [7, 11) is 2.03. The number of carbonyl (C=O) groups is 1. The molecular weight excluding hydrogens is 476 g/mol. The highest BCUT2D eigenvalue weighted by atomic mass is 16.2. The van der Waals surface area contributed by atoms with Crippen molar-refractivity contribution in [2.24, 2.45) is 5.92 Å². The number of amides is 1. The highest BCUT2D eigenvalue weighted by Gasteiger charge is 2.34. The van der Waals surface area contributed by atoms with Crippen LogP contribution in [0.25, 0.3) is 22.3 Å². The van der Waals surface area contributed by atoms with Crippen LogP contribution >= 0.6 is 0 Å². The van der Waals surface area contributed by atoms with Crippen LogP contribution in [0.2, 0.25) is 0 Å². The van der Waals surface area contributed by atoms with Crippen molar-refractivity contribution < 1.29 is 4.79 Å². The van der Waals surface area contributed by atoms with Gasteiger partial charge in [0.25, 0.3) is 0 Å². The van der Waals surface area contributed by atoms with Crippen LogP contribution in [0.5, 0.6) is 0 Å². The van der Waals surface area contributed by atoms with Crippen LogP contribution in [0, 0.1) is 5.92 Å².